The van der Waals surface area contributed by atoms with E-state index in [1.54, 1.807) is 19.1 Å². The molecule has 1 aliphatic carbocycles. The molecule has 1 aliphatic rings. The van der Waals surface area contributed by atoms with E-state index in [2.05, 4.69) is 5.32 Å². The summed E-state index contributed by atoms with van der Waals surface area (Å²) in [5, 5.41) is 2.93. The summed E-state index contributed by atoms with van der Waals surface area (Å²) in [5.41, 5.74) is 0.646. The molecule has 1 aromatic carbocycles. The first-order chi connectivity index (χ1) is 12.5. The summed E-state index contributed by atoms with van der Waals surface area (Å²) in [6.45, 7) is 1.58. The van der Waals surface area contributed by atoms with Crippen molar-refractivity contribution in [1.82, 2.24) is 5.32 Å². The third-order valence-corrected chi connectivity index (χ3v) is 4.45. The Balaban J connectivity index is 1.97. The Kier molecular flexibility index (Phi) is 7.12. The molecule has 0 spiro atoms. The number of amides is 1. The minimum Gasteiger partial charge on any atom is -0.493 e. The van der Waals surface area contributed by atoms with Crippen molar-refractivity contribution in [2.75, 3.05) is 21.3 Å². The molecular formula is C19H27NO6. The topological polar surface area (TPSA) is 83.1 Å². The maximum atomic E-state index is 12.2. The maximum absolute atomic E-state index is 12.2. The number of rotatable bonds is 8. The molecule has 1 saturated carbocycles. The van der Waals surface area contributed by atoms with E-state index >= 15 is 0 Å². The fraction of sp³-hybridized carbons (Fsp3) is 0.579. The summed E-state index contributed by atoms with van der Waals surface area (Å²) in [4.78, 5) is 24.3. The van der Waals surface area contributed by atoms with E-state index < -0.39 is 12.1 Å². The van der Waals surface area contributed by atoms with Crippen molar-refractivity contribution in [3.63, 3.8) is 0 Å². The van der Waals surface area contributed by atoms with Gasteiger partial charge in [-0.2, -0.15) is 0 Å². The lowest BCUT2D eigenvalue weighted by Gasteiger charge is -2.17. The zero-order valence-electron chi connectivity index (χ0n) is 15.8. The summed E-state index contributed by atoms with van der Waals surface area (Å²) in [5.74, 6) is 0.628. The fourth-order valence-electron chi connectivity index (χ4n) is 3.09. The standard InChI is InChI=1S/C19H27NO6/c1-12(19(22)20-14-7-5-6-8-14)26-17(21)11-13-9-15(23-2)18(25-4)16(10-13)24-3/h9-10,12,14H,5-8,11H2,1-4H3,(H,20,22)/t12-/m1/s1. The number of hydrogen-bond donors (Lipinski definition) is 1. The molecule has 26 heavy (non-hydrogen) atoms. The van der Waals surface area contributed by atoms with Crippen LogP contribution in [0.2, 0.25) is 0 Å². The van der Waals surface area contributed by atoms with Gasteiger partial charge in [0.2, 0.25) is 5.75 Å². The monoisotopic (exact) mass is 365 g/mol. The Morgan fingerprint density at radius 1 is 1.08 bits per heavy atom. The van der Waals surface area contributed by atoms with Crippen LogP contribution >= 0.6 is 0 Å². The largest absolute Gasteiger partial charge is 0.493 e. The van der Waals surface area contributed by atoms with Gasteiger partial charge in [0.15, 0.2) is 17.6 Å². The molecule has 7 nitrogen and oxygen atoms in total. The predicted molar refractivity (Wildman–Crippen MR) is 95.8 cm³/mol. The van der Waals surface area contributed by atoms with E-state index in [1.807, 2.05) is 0 Å². The van der Waals surface area contributed by atoms with E-state index in [1.165, 1.54) is 21.3 Å². The lowest BCUT2D eigenvalue weighted by Crippen LogP contribution is -2.41. The van der Waals surface area contributed by atoms with Gasteiger partial charge in [0.05, 0.1) is 27.8 Å². The molecular weight excluding hydrogens is 338 g/mol. The molecule has 1 amide bonds. The van der Waals surface area contributed by atoms with Crippen LogP contribution in [0.5, 0.6) is 17.2 Å². The van der Waals surface area contributed by atoms with Crippen LogP contribution < -0.4 is 19.5 Å². The second-order valence-electron chi connectivity index (χ2n) is 6.33. The van der Waals surface area contributed by atoms with Gasteiger partial charge < -0.3 is 24.3 Å². The van der Waals surface area contributed by atoms with Gasteiger partial charge in [0, 0.05) is 6.04 Å². The van der Waals surface area contributed by atoms with Crippen molar-refractivity contribution in [3.8, 4) is 17.2 Å². The van der Waals surface area contributed by atoms with Crippen LogP contribution in [0.15, 0.2) is 12.1 Å². The van der Waals surface area contributed by atoms with Gasteiger partial charge in [0.1, 0.15) is 0 Å². The SMILES string of the molecule is COc1cc(CC(=O)O[C@H](C)C(=O)NC2CCCC2)cc(OC)c1OC. The van der Waals surface area contributed by atoms with Gasteiger partial charge in [-0.1, -0.05) is 12.8 Å². The van der Waals surface area contributed by atoms with Crippen LogP contribution in [-0.4, -0.2) is 45.4 Å². The summed E-state index contributed by atoms with van der Waals surface area (Å²) >= 11 is 0. The van der Waals surface area contributed by atoms with Gasteiger partial charge >= 0.3 is 5.97 Å². The van der Waals surface area contributed by atoms with Crippen molar-refractivity contribution in [2.24, 2.45) is 0 Å². The molecule has 0 bridgehead atoms. The van der Waals surface area contributed by atoms with Crippen molar-refractivity contribution < 1.29 is 28.5 Å². The first-order valence-corrected chi connectivity index (χ1v) is 8.77. The van der Waals surface area contributed by atoms with Crippen molar-refractivity contribution in [1.29, 1.82) is 0 Å². The van der Waals surface area contributed by atoms with E-state index in [-0.39, 0.29) is 18.4 Å². The quantitative estimate of drug-likeness (QED) is 0.712. The molecule has 2 rings (SSSR count). The van der Waals surface area contributed by atoms with Crippen molar-refractivity contribution in [3.05, 3.63) is 17.7 Å². The molecule has 0 heterocycles. The second-order valence-corrected chi connectivity index (χ2v) is 6.33. The highest BCUT2D eigenvalue weighted by Crippen LogP contribution is 2.38. The van der Waals surface area contributed by atoms with Crippen molar-refractivity contribution >= 4 is 11.9 Å². The molecule has 1 fully saturated rings. The number of hydrogen-bond acceptors (Lipinski definition) is 6. The molecule has 0 aromatic heterocycles. The maximum Gasteiger partial charge on any atom is 0.311 e. The molecule has 0 aliphatic heterocycles. The Labute approximate surface area is 153 Å². The smallest absolute Gasteiger partial charge is 0.311 e. The summed E-state index contributed by atoms with van der Waals surface area (Å²) in [7, 11) is 4.53. The Morgan fingerprint density at radius 3 is 2.15 bits per heavy atom. The third-order valence-electron chi connectivity index (χ3n) is 4.45. The molecule has 0 radical (unpaired) electrons. The van der Waals surface area contributed by atoms with E-state index in [0.717, 1.165) is 25.7 Å². The number of nitrogens with one attached hydrogen (secondary N) is 1. The lowest BCUT2D eigenvalue weighted by molar-refractivity contribution is -0.154. The zero-order chi connectivity index (χ0) is 19.1. The van der Waals surface area contributed by atoms with Crippen molar-refractivity contribution in [2.45, 2.75) is 51.2 Å². The molecule has 0 saturated heterocycles. The first kappa shape index (κ1) is 19.9. The highest BCUT2D eigenvalue weighted by atomic mass is 16.5. The fourth-order valence-corrected chi connectivity index (χ4v) is 3.09. The summed E-state index contributed by atoms with van der Waals surface area (Å²) < 4.78 is 21.1. The minimum absolute atomic E-state index is 0.00222. The number of esters is 1. The van der Waals surface area contributed by atoms with Gasteiger partial charge in [-0.05, 0) is 37.5 Å². The Hall–Kier alpha value is -2.44. The average molecular weight is 365 g/mol. The van der Waals surface area contributed by atoms with Crippen LogP contribution in [0, 0.1) is 0 Å². The normalized spacial score (nSPS) is 15.2. The molecule has 1 atom stereocenters. The van der Waals surface area contributed by atoms with Crippen LogP contribution in [-0.2, 0) is 20.7 Å². The number of carbonyl (C=O) groups is 2. The van der Waals surface area contributed by atoms with Gasteiger partial charge in [-0.25, -0.2) is 0 Å². The molecule has 1 N–H and O–H groups in total. The summed E-state index contributed by atoms with van der Waals surface area (Å²) in [6.07, 6.45) is 3.39. The molecule has 0 unspecified atom stereocenters. The van der Waals surface area contributed by atoms with Crippen LogP contribution in [0.3, 0.4) is 0 Å². The number of methoxy groups -OCH3 is 3. The minimum atomic E-state index is -0.829. The van der Waals surface area contributed by atoms with Gasteiger partial charge in [-0.3, -0.25) is 9.59 Å². The summed E-state index contributed by atoms with van der Waals surface area (Å²) in [6, 6.07) is 3.57. The number of carbonyl (C=O) groups excluding carboxylic acids is 2. The van der Waals surface area contributed by atoms with Crippen LogP contribution in [0.4, 0.5) is 0 Å². The highest BCUT2D eigenvalue weighted by Gasteiger charge is 2.23. The average Bonchev–Trinajstić information content (AvgIpc) is 3.13. The first-order valence-electron chi connectivity index (χ1n) is 8.77. The molecule has 144 valence electrons. The molecule has 7 heteroatoms. The zero-order valence-corrected chi connectivity index (χ0v) is 15.8. The van der Waals surface area contributed by atoms with Crippen LogP contribution in [0.25, 0.3) is 0 Å². The van der Waals surface area contributed by atoms with Gasteiger partial charge in [-0.15, -0.1) is 0 Å². The lowest BCUT2D eigenvalue weighted by atomic mass is 10.1. The van der Waals surface area contributed by atoms with E-state index in [4.69, 9.17) is 18.9 Å². The Bertz CT molecular complexity index is 614. The highest BCUT2D eigenvalue weighted by molar-refractivity contribution is 5.84. The predicted octanol–water partition coefficient (Wildman–Crippen LogP) is 2.25. The Morgan fingerprint density at radius 2 is 1.65 bits per heavy atom. The number of ether oxygens (including phenoxy) is 4. The van der Waals surface area contributed by atoms with Crippen LogP contribution in [0.1, 0.15) is 38.2 Å². The van der Waals surface area contributed by atoms with E-state index in [0.29, 0.717) is 22.8 Å². The van der Waals surface area contributed by atoms with E-state index in [9.17, 15) is 9.59 Å². The number of benzene rings is 1. The van der Waals surface area contributed by atoms with Gasteiger partial charge in [0.25, 0.3) is 5.91 Å². The second kappa shape index (κ2) is 9.31. The molecule has 1 aromatic rings. The third kappa shape index (κ3) is 5.03.